The molecule has 6 rings (SSSR count). The van der Waals surface area contributed by atoms with Crippen molar-refractivity contribution in [3.63, 3.8) is 0 Å². The van der Waals surface area contributed by atoms with Gasteiger partial charge in [-0.15, -0.1) is 10.2 Å². The number of imidazole rings is 1. The van der Waals surface area contributed by atoms with Gasteiger partial charge in [-0.1, -0.05) is 0 Å². The number of pyridine rings is 1. The molecule has 1 aliphatic rings. The first-order valence-corrected chi connectivity index (χ1v) is 12.6. The van der Waals surface area contributed by atoms with Crippen molar-refractivity contribution in [3.05, 3.63) is 88.1 Å². The summed E-state index contributed by atoms with van der Waals surface area (Å²) in [5, 5.41) is 6.92. The molecule has 1 amide bonds. The third kappa shape index (κ3) is 4.67. The predicted octanol–water partition coefficient (Wildman–Crippen LogP) is 4.75. The summed E-state index contributed by atoms with van der Waals surface area (Å²) in [4.78, 5) is 32.5. The molecule has 0 bridgehead atoms. The highest BCUT2D eigenvalue weighted by Gasteiger charge is 2.29. The Balaban J connectivity index is 1.25. The minimum atomic E-state index is -2.88. The second kappa shape index (κ2) is 10.1. The maximum Gasteiger partial charge on any atom is 0.329 e. The second-order valence-electron chi connectivity index (χ2n) is 9.59. The maximum atomic E-state index is 14.3. The lowest BCUT2D eigenvalue weighted by Gasteiger charge is -2.32. The van der Waals surface area contributed by atoms with Crippen LogP contribution in [0.2, 0.25) is 0 Å². The van der Waals surface area contributed by atoms with Crippen molar-refractivity contribution in [2.75, 3.05) is 13.1 Å². The Labute approximate surface area is 224 Å². The summed E-state index contributed by atoms with van der Waals surface area (Å²) in [6.45, 7) is 2.70. The molecular formula is C27H23F3N6O4. The van der Waals surface area contributed by atoms with E-state index in [0.717, 1.165) is 0 Å². The normalized spacial score (nSPS) is 14.5. The van der Waals surface area contributed by atoms with Crippen LogP contribution in [0.15, 0.2) is 62.3 Å². The van der Waals surface area contributed by atoms with Gasteiger partial charge in [-0.05, 0) is 62.2 Å². The van der Waals surface area contributed by atoms with E-state index >= 15 is 0 Å². The predicted molar refractivity (Wildman–Crippen MR) is 135 cm³/mol. The highest BCUT2D eigenvalue weighted by Crippen LogP contribution is 2.28. The summed E-state index contributed by atoms with van der Waals surface area (Å²) < 4.78 is 53.3. The number of furan rings is 1. The van der Waals surface area contributed by atoms with Crippen LogP contribution in [0.1, 0.15) is 53.2 Å². The lowest BCUT2D eigenvalue weighted by molar-refractivity contribution is 0.0661. The molecule has 0 N–H and O–H groups in total. The molecule has 0 aliphatic carbocycles. The number of benzene rings is 1. The first-order valence-electron chi connectivity index (χ1n) is 12.6. The number of hydrogen-bond donors (Lipinski definition) is 0. The van der Waals surface area contributed by atoms with Gasteiger partial charge in [0.25, 0.3) is 11.8 Å². The molecule has 5 aromatic rings. The molecule has 0 unspecified atom stereocenters. The van der Waals surface area contributed by atoms with E-state index < -0.39 is 18.1 Å². The molecule has 4 aromatic heterocycles. The van der Waals surface area contributed by atoms with Gasteiger partial charge in [0.1, 0.15) is 11.6 Å². The Kier molecular flexibility index (Phi) is 6.48. The zero-order valence-electron chi connectivity index (χ0n) is 21.3. The van der Waals surface area contributed by atoms with Gasteiger partial charge >= 0.3 is 12.1 Å². The first-order chi connectivity index (χ1) is 19.3. The van der Waals surface area contributed by atoms with Gasteiger partial charge in [0, 0.05) is 25.3 Å². The van der Waals surface area contributed by atoms with Crippen LogP contribution in [-0.2, 0) is 6.54 Å². The molecule has 0 radical (unpaired) electrons. The molecule has 5 heterocycles. The van der Waals surface area contributed by atoms with E-state index in [0.29, 0.717) is 54.0 Å². The summed E-state index contributed by atoms with van der Waals surface area (Å²) >= 11 is 0. The molecule has 1 saturated heterocycles. The number of carbonyl (C=O) groups is 1. The largest absolute Gasteiger partial charge is 0.456 e. The molecule has 1 fully saturated rings. The molecular weight excluding hydrogens is 529 g/mol. The molecule has 10 nitrogen and oxygen atoms in total. The van der Waals surface area contributed by atoms with E-state index in [2.05, 4.69) is 15.2 Å². The Morgan fingerprint density at radius 3 is 2.50 bits per heavy atom. The van der Waals surface area contributed by atoms with Crippen LogP contribution in [0.3, 0.4) is 0 Å². The van der Waals surface area contributed by atoms with Gasteiger partial charge < -0.3 is 13.7 Å². The van der Waals surface area contributed by atoms with E-state index in [1.54, 1.807) is 46.7 Å². The summed E-state index contributed by atoms with van der Waals surface area (Å²) in [6.07, 6.45) is -0.416. The number of amides is 1. The molecule has 0 atom stereocenters. The lowest BCUT2D eigenvalue weighted by Crippen LogP contribution is -2.41. The van der Waals surface area contributed by atoms with Gasteiger partial charge in [0.15, 0.2) is 5.76 Å². The van der Waals surface area contributed by atoms with Gasteiger partial charge in [-0.25, -0.2) is 9.18 Å². The molecule has 13 heteroatoms. The zero-order valence-corrected chi connectivity index (χ0v) is 21.3. The van der Waals surface area contributed by atoms with E-state index in [1.807, 2.05) is 0 Å². The summed E-state index contributed by atoms with van der Waals surface area (Å²) in [5.41, 5.74) is 1.50. The van der Waals surface area contributed by atoms with Crippen LogP contribution >= 0.6 is 0 Å². The van der Waals surface area contributed by atoms with E-state index in [1.165, 1.54) is 22.9 Å². The summed E-state index contributed by atoms with van der Waals surface area (Å²) in [5.74, 6) is -0.619. The van der Waals surface area contributed by atoms with Crippen molar-refractivity contribution < 1.29 is 26.8 Å². The van der Waals surface area contributed by atoms with Crippen LogP contribution < -0.4 is 5.69 Å². The van der Waals surface area contributed by atoms with Crippen molar-refractivity contribution in [2.45, 2.75) is 38.8 Å². The lowest BCUT2D eigenvalue weighted by atomic mass is 10.0. The molecule has 1 aliphatic heterocycles. The minimum Gasteiger partial charge on any atom is -0.456 e. The number of aromatic nitrogens is 5. The number of carbonyl (C=O) groups excluding carboxylic acids is 1. The van der Waals surface area contributed by atoms with Gasteiger partial charge in [-0.3, -0.25) is 18.9 Å². The molecule has 0 saturated carbocycles. The summed E-state index contributed by atoms with van der Waals surface area (Å²) in [6, 6.07) is 10.6. The fourth-order valence-corrected chi connectivity index (χ4v) is 5.04. The minimum absolute atomic E-state index is 0.0490. The zero-order chi connectivity index (χ0) is 28.0. The van der Waals surface area contributed by atoms with Crippen LogP contribution in [0.4, 0.5) is 13.2 Å². The second-order valence-corrected chi connectivity index (χ2v) is 9.59. The molecule has 0 spiro atoms. The number of aryl methyl sites for hydroxylation is 1. The number of alkyl halides is 2. The standard InChI is InChI=1S/C27H23F3N6O4/c1-15-2-7-22(39-15)26(37)34-10-8-19(9-11-34)36-20-6-4-17(28)12-21(20)35(27(36)38)14-18-5-3-16(13-31-18)24-32-33-25(40-24)23(29)30/h2-7,12-13,19,23H,8-11,14H2,1H3. The fraction of sp³-hybridized carbons (Fsp3) is 0.296. The third-order valence-electron chi connectivity index (χ3n) is 7.01. The molecule has 40 heavy (non-hydrogen) atoms. The van der Waals surface area contributed by atoms with Crippen molar-refractivity contribution in [3.8, 4) is 11.5 Å². The van der Waals surface area contributed by atoms with E-state index in [4.69, 9.17) is 8.83 Å². The van der Waals surface area contributed by atoms with Crippen molar-refractivity contribution >= 4 is 16.9 Å². The summed E-state index contributed by atoms with van der Waals surface area (Å²) in [7, 11) is 0. The van der Waals surface area contributed by atoms with E-state index in [9.17, 15) is 22.8 Å². The maximum absolute atomic E-state index is 14.3. The Hall–Kier alpha value is -4.68. The Morgan fingerprint density at radius 1 is 1.05 bits per heavy atom. The Morgan fingerprint density at radius 2 is 1.85 bits per heavy atom. The SMILES string of the molecule is Cc1ccc(C(=O)N2CCC(n3c(=O)n(Cc4ccc(-c5nnc(C(F)F)o5)cn4)c4cc(F)ccc43)CC2)o1. The number of rotatable bonds is 6. The van der Waals surface area contributed by atoms with Gasteiger partial charge in [0.05, 0.1) is 28.8 Å². The molecule has 206 valence electrons. The fourth-order valence-electron chi connectivity index (χ4n) is 5.04. The number of likely N-dealkylation sites (tertiary alicyclic amines) is 1. The van der Waals surface area contributed by atoms with Crippen molar-refractivity contribution in [2.24, 2.45) is 0 Å². The topological polar surface area (TPSA) is 112 Å². The monoisotopic (exact) mass is 552 g/mol. The van der Waals surface area contributed by atoms with Crippen molar-refractivity contribution in [1.82, 2.24) is 29.2 Å². The average molecular weight is 553 g/mol. The number of piperidine rings is 1. The van der Waals surface area contributed by atoms with Gasteiger partial charge in [-0.2, -0.15) is 8.78 Å². The van der Waals surface area contributed by atoms with Crippen molar-refractivity contribution in [1.29, 1.82) is 0 Å². The average Bonchev–Trinajstić information content (AvgIpc) is 3.68. The van der Waals surface area contributed by atoms with Gasteiger partial charge in [0.2, 0.25) is 5.89 Å². The number of fused-ring (bicyclic) bond motifs is 1. The Bertz CT molecular complexity index is 1750. The van der Waals surface area contributed by atoms with Crippen LogP contribution in [0.5, 0.6) is 0 Å². The van der Waals surface area contributed by atoms with E-state index in [-0.39, 0.29) is 35.8 Å². The third-order valence-corrected chi connectivity index (χ3v) is 7.01. The number of halogens is 3. The quantitative estimate of drug-likeness (QED) is 0.299. The molecule has 1 aromatic carbocycles. The highest BCUT2D eigenvalue weighted by molar-refractivity contribution is 5.91. The number of hydrogen-bond acceptors (Lipinski definition) is 7. The van der Waals surface area contributed by atoms with Crippen LogP contribution in [0.25, 0.3) is 22.5 Å². The number of nitrogens with zero attached hydrogens (tertiary/aromatic N) is 6. The van der Waals surface area contributed by atoms with Crippen LogP contribution in [-0.4, -0.2) is 48.2 Å². The first kappa shape index (κ1) is 25.6. The highest BCUT2D eigenvalue weighted by atomic mass is 19.3. The van der Waals surface area contributed by atoms with Crippen LogP contribution in [0, 0.1) is 12.7 Å². The smallest absolute Gasteiger partial charge is 0.329 e.